The van der Waals surface area contributed by atoms with E-state index in [1.165, 1.54) is 0 Å². The van der Waals surface area contributed by atoms with Gasteiger partial charge in [0, 0.05) is 19.1 Å². The Bertz CT molecular complexity index is 378. The monoisotopic (exact) mass is 258 g/mol. The number of hydrogen-bond donors (Lipinski definition) is 1. The molecule has 1 heterocycles. The Morgan fingerprint density at radius 2 is 1.89 bits per heavy atom. The van der Waals surface area contributed by atoms with E-state index in [-0.39, 0.29) is 6.42 Å². The summed E-state index contributed by atoms with van der Waals surface area (Å²) in [5.41, 5.74) is 6.75. The highest BCUT2D eigenvalue weighted by Crippen LogP contribution is 2.33. The third kappa shape index (κ3) is 3.23. The van der Waals surface area contributed by atoms with Gasteiger partial charge in [0.25, 0.3) is 0 Å². The number of likely N-dealkylation sites (tertiary alicyclic amines) is 1. The van der Waals surface area contributed by atoms with Gasteiger partial charge < -0.3 is 5.73 Å². The van der Waals surface area contributed by atoms with Crippen molar-refractivity contribution >= 4 is 0 Å². The van der Waals surface area contributed by atoms with Gasteiger partial charge in [0.1, 0.15) is 0 Å². The van der Waals surface area contributed by atoms with E-state index in [1.54, 1.807) is 0 Å². The Kier molecular flexibility index (Phi) is 3.92. The minimum atomic E-state index is -4.17. The summed E-state index contributed by atoms with van der Waals surface area (Å²) in [7, 11) is 0. The van der Waals surface area contributed by atoms with Crippen LogP contribution in [0, 0.1) is 5.92 Å². The van der Waals surface area contributed by atoms with Gasteiger partial charge in [-0.3, -0.25) is 4.90 Å². The highest BCUT2D eigenvalue weighted by Gasteiger charge is 2.45. The van der Waals surface area contributed by atoms with Crippen molar-refractivity contribution in [2.45, 2.75) is 25.2 Å². The average Bonchev–Trinajstić information content (AvgIpc) is 2.28. The van der Waals surface area contributed by atoms with Crippen LogP contribution in [0.1, 0.15) is 12.0 Å². The van der Waals surface area contributed by atoms with Crippen LogP contribution in [0.5, 0.6) is 0 Å². The third-order valence-corrected chi connectivity index (χ3v) is 3.41. The first-order valence-corrected chi connectivity index (χ1v) is 6.05. The van der Waals surface area contributed by atoms with Gasteiger partial charge in [0.2, 0.25) is 0 Å². The van der Waals surface area contributed by atoms with Crippen LogP contribution in [0.4, 0.5) is 13.2 Å². The van der Waals surface area contributed by atoms with Gasteiger partial charge >= 0.3 is 6.18 Å². The largest absolute Gasteiger partial charge is 0.393 e. The first kappa shape index (κ1) is 13.4. The average molecular weight is 258 g/mol. The molecule has 5 heteroatoms. The Morgan fingerprint density at radius 3 is 2.44 bits per heavy atom. The Morgan fingerprint density at radius 1 is 1.22 bits per heavy atom. The second-order valence-corrected chi connectivity index (χ2v) is 4.82. The van der Waals surface area contributed by atoms with E-state index in [4.69, 9.17) is 5.73 Å². The molecular weight excluding hydrogens is 241 g/mol. The fourth-order valence-corrected chi connectivity index (χ4v) is 2.44. The predicted octanol–water partition coefficient (Wildman–Crippen LogP) is 2.40. The fraction of sp³-hybridized carbons (Fsp3) is 0.538. The molecule has 1 aromatic rings. The normalized spacial score (nSPS) is 26.2. The van der Waals surface area contributed by atoms with E-state index in [9.17, 15) is 13.2 Å². The van der Waals surface area contributed by atoms with Crippen molar-refractivity contribution in [3.05, 3.63) is 35.9 Å². The lowest BCUT2D eigenvalue weighted by Gasteiger charge is -2.37. The minimum Gasteiger partial charge on any atom is -0.326 e. The molecule has 2 unspecified atom stereocenters. The Balaban J connectivity index is 1.93. The van der Waals surface area contributed by atoms with Crippen LogP contribution in [0.15, 0.2) is 30.3 Å². The smallest absolute Gasteiger partial charge is 0.326 e. The van der Waals surface area contributed by atoms with Crippen LogP contribution < -0.4 is 5.73 Å². The SMILES string of the molecule is NC1CN(Cc2ccccc2)CCC1C(F)(F)F. The molecule has 0 aliphatic carbocycles. The molecule has 0 saturated carbocycles. The number of hydrogen-bond acceptors (Lipinski definition) is 2. The van der Waals surface area contributed by atoms with E-state index >= 15 is 0 Å². The van der Waals surface area contributed by atoms with Gasteiger partial charge in [-0.15, -0.1) is 0 Å². The lowest BCUT2D eigenvalue weighted by Crippen LogP contribution is -2.52. The molecule has 2 N–H and O–H groups in total. The molecule has 0 spiro atoms. The van der Waals surface area contributed by atoms with Crippen LogP contribution in [0.25, 0.3) is 0 Å². The molecule has 1 aliphatic heterocycles. The van der Waals surface area contributed by atoms with Crippen molar-refractivity contribution in [1.29, 1.82) is 0 Å². The maximum atomic E-state index is 12.6. The number of nitrogens with two attached hydrogens (primary N) is 1. The summed E-state index contributed by atoms with van der Waals surface area (Å²) in [6.07, 6.45) is -4.07. The number of halogens is 3. The number of alkyl halides is 3. The quantitative estimate of drug-likeness (QED) is 0.882. The van der Waals surface area contributed by atoms with E-state index in [2.05, 4.69) is 0 Å². The van der Waals surface area contributed by atoms with Gasteiger partial charge in [-0.2, -0.15) is 13.2 Å². The van der Waals surface area contributed by atoms with Crippen LogP contribution in [-0.4, -0.2) is 30.2 Å². The molecular formula is C13H17F3N2. The highest BCUT2D eigenvalue weighted by molar-refractivity contribution is 5.14. The van der Waals surface area contributed by atoms with E-state index in [0.29, 0.717) is 19.6 Å². The molecule has 0 radical (unpaired) electrons. The Hall–Kier alpha value is -1.07. The van der Waals surface area contributed by atoms with Gasteiger partial charge in [-0.05, 0) is 18.5 Å². The minimum absolute atomic E-state index is 0.0947. The van der Waals surface area contributed by atoms with Crippen molar-refractivity contribution in [2.75, 3.05) is 13.1 Å². The van der Waals surface area contributed by atoms with Crippen molar-refractivity contribution < 1.29 is 13.2 Å². The number of piperidine rings is 1. The molecule has 2 atom stereocenters. The van der Waals surface area contributed by atoms with E-state index in [0.717, 1.165) is 5.56 Å². The van der Waals surface area contributed by atoms with E-state index < -0.39 is 18.1 Å². The first-order valence-electron chi connectivity index (χ1n) is 6.05. The summed E-state index contributed by atoms with van der Waals surface area (Å²) >= 11 is 0. The molecule has 1 aliphatic rings. The molecule has 2 nitrogen and oxygen atoms in total. The van der Waals surface area contributed by atoms with Crippen LogP contribution in [0.2, 0.25) is 0 Å². The van der Waals surface area contributed by atoms with Gasteiger partial charge in [-0.1, -0.05) is 30.3 Å². The molecule has 1 saturated heterocycles. The predicted molar refractivity (Wildman–Crippen MR) is 63.9 cm³/mol. The zero-order valence-corrected chi connectivity index (χ0v) is 10.0. The molecule has 2 rings (SSSR count). The summed E-state index contributed by atoms with van der Waals surface area (Å²) < 4.78 is 37.9. The molecule has 1 aromatic carbocycles. The van der Waals surface area contributed by atoms with Crippen LogP contribution in [-0.2, 0) is 6.54 Å². The lowest BCUT2D eigenvalue weighted by atomic mass is 9.91. The Labute approximate surface area is 105 Å². The van der Waals surface area contributed by atoms with Crippen molar-refractivity contribution in [3.63, 3.8) is 0 Å². The fourth-order valence-electron chi connectivity index (χ4n) is 2.44. The summed E-state index contributed by atoms with van der Waals surface area (Å²) in [5.74, 6) is -1.36. The van der Waals surface area contributed by atoms with Crippen LogP contribution >= 0.6 is 0 Å². The zero-order valence-electron chi connectivity index (χ0n) is 10.0. The zero-order chi connectivity index (χ0) is 13.2. The van der Waals surface area contributed by atoms with Gasteiger partial charge in [-0.25, -0.2) is 0 Å². The second-order valence-electron chi connectivity index (χ2n) is 4.82. The summed E-state index contributed by atoms with van der Waals surface area (Å²) in [6, 6.07) is 8.91. The third-order valence-electron chi connectivity index (χ3n) is 3.41. The number of benzene rings is 1. The van der Waals surface area contributed by atoms with Gasteiger partial charge in [0.15, 0.2) is 0 Å². The molecule has 0 bridgehead atoms. The van der Waals surface area contributed by atoms with Gasteiger partial charge in [0.05, 0.1) is 5.92 Å². The second kappa shape index (κ2) is 5.28. The molecule has 18 heavy (non-hydrogen) atoms. The van der Waals surface area contributed by atoms with Crippen molar-refractivity contribution in [1.82, 2.24) is 4.90 Å². The van der Waals surface area contributed by atoms with E-state index in [1.807, 2.05) is 35.2 Å². The molecule has 0 amide bonds. The lowest BCUT2D eigenvalue weighted by molar-refractivity contribution is -0.189. The standard InChI is InChI=1S/C13H17F3N2/c14-13(15,16)11-6-7-18(9-12(11)17)8-10-4-2-1-3-5-10/h1-5,11-12H,6-9,17H2. The van der Waals surface area contributed by atoms with Crippen LogP contribution in [0.3, 0.4) is 0 Å². The molecule has 0 aromatic heterocycles. The maximum absolute atomic E-state index is 12.6. The number of rotatable bonds is 2. The maximum Gasteiger partial charge on any atom is 0.393 e. The molecule has 1 fully saturated rings. The highest BCUT2D eigenvalue weighted by atomic mass is 19.4. The summed E-state index contributed by atoms with van der Waals surface area (Å²) in [6.45, 7) is 1.42. The van der Waals surface area contributed by atoms with Crippen molar-refractivity contribution in [3.8, 4) is 0 Å². The molecule has 100 valence electrons. The summed E-state index contributed by atoms with van der Waals surface area (Å²) in [4.78, 5) is 1.99. The first-order chi connectivity index (χ1) is 8.47. The topological polar surface area (TPSA) is 29.3 Å². The number of nitrogens with zero attached hydrogens (tertiary/aromatic N) is 1. The van der Waals surface area contributed by atoms with Crippen molar-refractivity contribution in [2.24, 2.45) is 11.7 Å². The summed E-state index contributed by atoms with van der Waals surface area (Å²) in [5, 5.41) is 0.